The van der Waals surface area contributed by atoms with Crippen molar-refractivity contribution in [3.8, 4) is 11.5 Å². The molecule has 1 aliphatic rings. The molecule has 1 fully saturated rings. The Labute approximate surface area is 137 Å². The monoisotopic (exact) mass is 322 g/mol. The van der Waals surface area contributed by atoms with Crippen molar-refractivity contribution in [1.82, 2.24) is 10.2 Å². The van der Waals surface area contributed by atoms with Crippen LogP contribution in [0.2, 0.25) is 0 Å². The first-order chi connectivity index (χ1) is 10.9. The Morgan fingerprint density at radius 1 is 1.26 bits per heavy atom. The van der Waals surface area contributed by atoms with Gasteiger partial charge in [0.2, 0.25) is 0 Å². The number of amides is 1. The zero-order chi connectivity index (χ0) is 17.0. The molecule has 1 unspecified atom stereocenters. The Balaban J connectivity index is 2.32. The van der Waals surface area contributed by atoms with Gasteiger partial charge in [0.15, 0.2) is 0 Å². The number of ether oxygens (including phenoxy) is 3. The number of carbonyl (C=O) groups excluding carboxylic acids is 1. The smallest absolute Gasteiger partial charge is 0.410 e. The lowest BCUT2D eigenvalue weighted by atomic mass is 10.0. The molecule has 1 aromatic carbocycles. The van der Waals surface area contributed by atoms with E-state index in [0.717, 1.165) is 23.6 Å². The number of nitrogens with one attached hydrogen (secondary N) is 1. The second kappa shape index (κ2) is 7.08. The topological polar surface area (TPSA) is 60.0 Å². The maximum Gasteiger partial charge on any atom is 0.410 e. The van der Waals surface area contributed by atoms with Gasteiger partial charge in [-0.25, -0.2) is 4.79 Å². The van der Waals surface area contributed by atoms with E-state index in [2.05, 4.69) is 5.32 Å². The number of carbonyl (C=O) groups is 1. The van der Waals surface area contributed by atoms with E-state index in [0.29, 0.717) is 13.1 Å². The summed E-state index contributed by atoms with van der Waals surface area (Å²) in [7, 11) is 3.25. The van der Waals surface area contributed by atoms with E-state index in [4.69, 9.17) is 14.2 Å². The Kier molecular flexibility index (Phi) is 5.36. The Morgan fingerprint density at radius 3 is 2.61 bits per heavy atom. The molecule has 23 heavy (non-hydrogen) atoms. The fourth-order valence-corrected chi connectivity index (χ4v) is 2.62. The van der Waals surface area contributed by atoms with Gasteiger partial charge in [0.05, 0.1) is 20.3 Å². The van der Waals surface area contributed by atoms with Crippen molar-refractivity contribution < 1.29 is 19.0 Å². The van der Waals surface area contributed by atoms with Crippen LogP contribution in [0.1, 0.15) is 32.4 Å². The van der Waals surface area contributed by atoms with Crippen LogP contribution in [-0.4, -0.2) is 50.4 Å². The van der Waals surface area contributed by atoms with Crippen LogP contribution >= 0.6 is 0 Å². The van der Waals surface area contributed by atoms with Crippen LogP contribution in [-0.2, 0) is 4.74 Å². The average Bonchev–Trinajstić information content (AvgIpc) is 2.52. The summed E-state index contributed by atoms with van der Waals surface area (Å²) in [4.78, 5) is 14.3. The van der Waals surface area contributed by atoms with Crippen molar-refractivity contribution >= 4 is 6.09 Å². The van der Waals surface area contributed by atoms with Gasteiger partial charge in [0.1, 0.15) is 17.1 Å². The van der Waals surface area contributed by atoms with Crippen molar-refractivity contribution in [1.29, 1.82) is 0 Å². The van der Waals surface area contributed by atoms with Crippen molar-refractivity contribution in [2.45, 2.75) is 32.4 Å². The van der Waals surface area contributed by atoms with Crippen LogP contribution in [0.25, 0.3) is 0 Å². The molecule has 0 bridgehead atoms. The summed E-state index contributed by atoms with van der Waals surface area (Å²) >= 11 is 0. The van der Waals surface area contributed by atoms with Gasteiger partial charge >= 0.3 is 6.09 Å². The van der Waals surface area contributed by atoms with E-state index in [9.17, 15) is 4.79 Å². The molecule has 0 spiro atoms. The van der Waals surface area contributed by atoms with Crippen LogP contribution in [0.4, 0.5) is 4.79 Å². The lowest BCUT2D eigenvalue weighted by Crippen LogP contribution is -2.50. The van der Waals surface area contributed by atoms with Crippen LogP contribution in [0, 0.1) is 0 Å². The minimum atomic E-state index is -0.523. The summed E-state index contributed by atoms with van der Waals surface area (Å²) < 4.78 is 16.3. The lowest BCUT2D eigenvalue weighted by Gasteiger charge is -2.37. The van der Waals surface area contributed by atoms with Gasteiger partial charge in [0.25, 0.3) is 0 Å². The summed E-state index contributed by atoms with van der Waals surface area (Å²) in [6.07, 6.45) is -0.311. The number of nitrogens with zero attached hydrogens (tertiary/aromatic N) is 1. The maximum atomic E-state index is 12.6. The molecule has 6 heteroatoms. The lowest BCUT2D eigenvalue weighted by molar-refractivity contribution is 0.0115. The molecule has 1 amide bonds. The normalized spacial score (nSPS) is 18.5. The molecule has 1 saturated heterocycles. The highest BCUT2D eigenvalue weighted by Gasteiger charge is 2.33. The van der Waals surface area contributed by atoms with E-state index in [1.807, 2.05) is 39.0 Å². The van der Waals surface area contributed by atoms with Gasteiger partial charge < -0.3 is 19.5 Å². The van der Waals surface area contributed by atoms with Gasteiger partial charge in [0, 0.05) is 25.2 Å². The molecule has 0 saturated carbocycles. The van der Waals surface area contributed by atoms with Crippen LogP contribution < -0.4 is 14.8 Å². The minimum absolute atomic E-state index is 0.163. The van der Waals surface area contributed by atoms with Gasteiger partial charge in [-0.2, -0.15) is 0 Å². The van der Waals surface area contributed by atoms with E-state index in [1.165, 1.54) is 0 Å². The molecule has 6 nitrogen and oxygen atoms in total. The first kappa shape index (κ1) is 17.4. The number of rotatable bonds is 3. The van der Waals surface area contributed by atoms with Crippen molar-refractivity contribution in [3.05, 3.63) is 23.8 Å². The second-order valence-electron chi connectivity index (χ2n) is 6.50. The first-order valence-corrected chi connectivity index (χ1v) is 7.78. The zero-order valence-electron chi connectivity index (χ0n) is 14.5. The number of benzene rings is 1. The van der Waals surface area contributed by atoms with Crippen LogP contribution in [0.15, 0.2) is 18.2 Å². The van der Waals surface area contributed by atoms with Gasteiger partial charge in [-0.15, -0.1) is 0 Å². The predicted molar refractivity (Wildman–Crippen MR) is 88.1 cm³/mol. The van der Waals surface area contributed by atoms with Crippen molar-refractivity contribution in [2.24, 2.45) is 0 Å². The summed E-state index contributed by atoms with van der Waals surface area (Å²) in [6.45, 7) is 7.57. The fraction of sp³-hybridized carbons (Fsp3) is 0.588. The molecule has 1 heterocycles. The van der Waals surface area contributed by atoms with E-state index in [1.54, 1.807) is 19.1 Å². The SMILES string of the molecule is COc1ccc(OC)c(C2CNCCN2C(=O)OC(C)(C)C)c1. The molecule has 1 aromatic rings. The zero-order valence-corrected chi connectivity index (χ0v) is 14.5. The average molecular weight is 322 g/mol. The predicted octanol–water partition coefficient (Wildman–Crippen LogP) is 2.59. The fourth-order valence-electron chi connectivity index (χ4n) is 2.62. The third-order valence-electron chi connectivity index (χ3n) is 3.67. The minimum Gasteiger partial charge on any atom is -0.497 e. The molecular weight excluding hydrogens is 296 g/mol. The molecule has 0 aliphatic carbocycles. The quantitative estimate of drug-likeness (QED) is 0.927. The van der Waals surface area contributed by atoms with Crippen molar-refractivity contribution in [3.63, 3.8) is 0 Å². The molecular formula is C17H26N2O4. The van der Waals surface area contributed by atoms with E-state index >= 15 is 0 Å². The Bertz CT molecular complexity index is 554. The van der Waals surface area contributed by atoms with E-state index in [-0.39, 0.29) is 12.1 Å². The van der Waals surface area contributed by atoms with Gasteiger partial charge in [-0.1, -0.05) is 0 Å². The summed E-state index contributed by atoms with van der Waals surface area (Å²) in [5.74, 6) is 1.46. The number of hydrogen-bond donors (Lipinski definition) is 1. The van der Waals surface area contributed by atoms with Crippen molar-refractivity contribution in [2.75, 3.05) is 33.9 Å². The third kappa shape index (κ3) is 4.28. The highest BCUT2D eigenvalue weighted by molar-refractivity contribution is 5.69. The van der Waals surface area contributed by atoms with E-state index < -0.39 is 5.60 Å². The molecule has 1 atom stereocenters. The Hall–Kier alpha value is -1.95. The first-order valence-electron chi connectivity index (χ1n) is 7.78. The maximum absolute atomic E-state index is 12.6. The molecule has 1 N–H and O–H groups in total. The highest BCUT2D eigenvalue weighted by atomic mass is 16.6. The van der Waals surface area contributed by atoms with Gasteiger partial charge in [-0.05, 0) is 39.0 Å². The second-order valence-corrected chi connectivity index (χ2v) is 6.50. The molecule has 0 radical (unpaired) electrons. The van der Waals surface area contributed by atoms with Gasteiger partial charge in [-0.3, -0.25) is 4.90 Å². The molecule has 128 valence electrons. The largest absolute Gasteiger partial charge is 0.497 e. The molecule has 0 aromatic heterocycles. The molecule has 1 aliphatic heterocycles. The summed E-state index contributed by atoms with van der Waals surface area (Å²) in [5, 5.41) is 3.32. The summed E-state index contributed by atoms with van der Waals surface area (Å²) in [5.41, 5.74) is 0.384. The standard InChI is InChI=1S/C17H26N2O4/c1-17(2,3)23-16(20)19-9-8-18-11-14(19)13-10-12(21-4)6-7-15(13)22-5/h6-7,10,14,18H,8-9,11H2,1-5H3. The highest BCUT2D eigenvalue weighted by Crippen LogP contribution is 2.34. The third-order valence-corrected chi connectivity index (χ3v) is 3.67. The number of methoxy groups -OCH3 is 2. The van der Waals surface area contributed by atoms with Crippen LogP contribution in [0.3, 0.4) is 0 Å². The van der Waals surface area contributed by atoms with Crippen LogP contribution in [0.5, 0.6) is 11.5 Å². The number of piperazine rings is 1. The Morgan fingerprint density at radius 2 is 2.00 bits per heavy atom. The molecule has 2 rings (SSSR count). The summed E-state index contributed by atoms with van der Waals surface area (Å²) in [6, 6.07) is 5.45. The number of hydrogen-bond acceptors (Lipinski definition) is 5.